The monoisotopic (exact) mass is 325 g/mol. The molecule has 0 bridgehead atoms. The molecule has 0 aromatic rings. The van der Waals surface area contributed by atoms with E-state index in [4.69, 9.17) is 24.8 Å². The zero-order chi connectivity index (χ0) is 13.6. The molecule has 0 fully saturated rings. The number of carbonyl (C=O) groups is 1. The molecule has 0 aliphatic rings. The second-order valence-electron chi connectivity index (χ2n) is 3.06. The van der Waals surface area contributed by atoms with Crippen LogP contribution < -0.4 is 0 Å². The minimum atomic E-state index is -0.954. The van der Waals surface area contributed by atoms with Crippen LogP contribution in [0.1, 0.15) is 0 Å². The Bertz CT molecular complexity index is 273. The lowest BCUT2D eigenvalue weighted by Gasteiger charge is -2.07. The molecule has 0 aliphatic heterocycles. The molecule has 0 rings (SSSR count). The number of ether oxygens (including phenoxy) is 3. The Morgan fingerprint density at radius 1 is 1.22 bits per heavy atom. The first kappa shape index (κ1) is 17.1. The number of rotatable bonds is 12. The zero-order valence-corrected chi connectivity index (χ0v) is 11.4. The van der Waals surface area contributed by atoms with E-state index in [1.54, 1.807) is 0 Å². The van der Waals surface area contributed by atoms with Crippen LogP contribution in [0.4, 0.5) is 0 Å². The minimum Gasteiger partial charge on any atom is -0.480 e. The average Bonchev–Trinajstić information content (AvgIpc) is 2.35. The van der Waals surface area contributed by atoms with E-state index in [9.17, 15) is 4.79 Å². The summed E-state index contributed by atoms with van der Waals surface area (Å²) in [6.45, 7) is 2.30. The highest BCUT2D eigenvalue weighted by Gasteiger charge is 2.12. The topological polar surface area (TPSA) is 114 Å². The van der Waals surface area contributed by atoms with E-state index < -0.39 is 10.8 Å². The van der Waals surface area contributed by atoms with E-state index in [2.05, 4.69) is 26.0 Å². The smallest absolute Gasteiger partial charge is 0.319 e. The molecule has 0 saturated heterocycles. The SMILES string of the molecule is [N-]=[N+]=NCCOCCOCCOCC(Br)C(=O)O. The van der Waals surface area contributed by atoms with Gasteiger partial charge < -0.3 is 19.3 Å². The summed E-state index contributed by atoms with van der Waals surface area (Å²) in [5.74, 6) is -0.954. The Morgan fingerprint density at radius 3 is 2.33 bits per heavy atom. The Morgan fingerprint density at radius 2 is 1.78 bits per heavy atom. The third kappa shape index (κ3) is 11.6. The van der Waals surface area contributed by atoms with Crippen molar-refractivity contribution >= 4 is 21.9 Å². The lowest BCUT2D eigenvalue weighted by Crippen LogP contribution is -2.20. The molecule has 0 aromatic heterocycles. The van der Waals surface area contributed by atoms with Gasteiger partial charge in [0.1, 0.15) is 4.83 Å². The molecule has 0 aliphatic carbocycles. The van der Waals surface area contributed by atoms with E-state index in [0.29, 0.717) is 39.6 Å². The first-order valence-electron chi connectivity index (χ1n) is 5.29. The van der Waals surface area contributed by atoms with Gasteiger partial charge in [-0.1, -0.05) is 21.0 Å². The molecule has 8 nitrogen and oxygen atoms in total. The molecule has 104 valence electrons. The molecular weight excluding hydrogens is 310 g/mol. The van der Waals surface area contributed by atoms with Crippen LogP contribution in [0.25, 0.3) is 10.4 Å². The number of halogens is 1. The van der Waals surface area contributed by atoms with Gasteiger partial charge >= 0.3 is 5.97 Å². The Labute approximate surface area is 113 Å². The van der Waals surface area contributed by atoms with E-state index in [0.717, 1.165) is 0 Å². The Balaban J connectivity index is 3.12. The Kier molecular flexibility index (Phi) is 12.0. The Hall–Kier alpha value is -0.860. The zero-order valence-electron chi connectivity index (χ0n) is 9.83. The highest BCUT2D eigenvalue weighted by Crippen LogP contribution is 1.99. The second-order valence-corrected chi connectivity index (χ2v) is 4.17. The van der Waals surface area contributed by atoms with Crippen molar-refractivity contribution in [2.45, 2.75) is 4.83 Å². The van der Waals surface area contributed by atoms with Crippen molar-refractivity contribution in [1.82, 2.24) is 0 Å². The fourth-order valence-corrected chi connectivity index (χ4v) is 1.03. The van der Waals surface area contributed by atoms with Crippen LogP contribution >= 0.6 is 15.9 Å². The second kappa shape index (κ2) is 12.6. The van der Waals surface area contributed by atoms with Crippen molar-refractivity contribution < 1.29 is 24.1 Å². The van der Waals surface area contributed by atoms with Crippen LogP contribution in [0.2, 0.25) is 0 Å². The van der Waals surface area contributed by atoms with E-state index in [1.807, 2.05) is 0 Å². The standard InChI is InChI=1S/C9H16BrN3O5/c10-8(9(14)15)7-18-6-5-17-4-3-16-2-1-12-13-11/h8H,1-7H2,(H,14,15). The summed E-state index contributed by atoms with van der Waals surface area (Å²) in [6.07, 6.45) is 0. The van der Waals surface area contributed by atoms with Gasteiger partial charge in [-0.25, -0.2) is 0 Å². The van der Waals surface area contributed by atoms with Gasteiger partial charge in [0.05, 0.1) is 39.6 Å². The number of nitrogens with zero attached hydrogens (tertiary/aromatic N) is 3. The number of hydrogen-bond acceptors (Lipinski definition) is 5. The molecule has 1 unspecified atom stereocenters. The van der Waals surface area contributed by atoms with Gasteiger partial charge in [0, 0.05) is 11.5 Å². The summed E-state index contributed by atoms with van der Waals surface area (Å²) in [6, 6.07) is 0. The molecule has 1 N–H and O–H groups in total. The van der Waals surface area contributed by atoms with Gasteiger partial charge in [-0.3, -0.25) is 4.79 Å². The fourth-order valence-electron chi connectivity index (χ4n) is 0.848. The summed E-state index contributed by atoms with van der Waals surface area (Å²) in [4.78, 5) is 12.3. The number of alkyl halides is 1. The molecule has 18 heavy (non-hydrogen) atoms. The molecule has 0 heterocycles. The van der Waals surface area contributed by atoms with E-state index in [1.165, 1.54) is 0 Å². The van der Waals surface area contributed by atoms with Crippen LogP contribution in [0, 0.1) is 0 Å². The lowest BCUT2D eigenvalue weighted by molar-refractivity contribution is -0.137. The fraction of sp³-hybridized carbons (Fsp3) is 0.889. The normalized spacial score (nSPS) is 11.8. The minimum absolute atomic E-state index is 0.0986. The lowest BCUT2D eigenvalue weighted by atomic mass is 10.5. The van der Waals surface area contributed by atoms with Crippen LogP contribution in [0.5, 0.6) is 0 Å². The first-order chi connectivity index (χ1) is 8.68. The maximum Gasteiger partial charge on any atom is 0.319 e. The predicted octanol–water partition coefficient (Wildman–Crippen LogP) is 1.19. The van der Waals surface area contributed by atoms with Crippen molar-refractivity contribution in [3.05, 3.63) is 10.4 Å². The molecule has 0 amide bonds. The maximum absolute atomic E-state index is 10.4. The van der Waals surface area contributed by atoms with Gasteiger partial charge in [-0.15, -0.1) is 0 Å². The van der Waals surface area contributed by atoms with Crippen molar-refractivity contribution in [1.29, 1.82) is 0 Å². The van der Waals surface area contributed by atoms with Crippen LogP contribution in [-0.2, 0) is 19.0 Å². The molecule has 0 radical (unpaired) electrons. The number of carboxylic acids is 1. The third-order valence-electron chi connectivity index (χ3n) is 1.68. The average molecular weight is 326 g/mol. The number of hydrogen-bond donors (Lipinski definition) is 1. The van der Waals surface area contributed by atoms with Crippen molar-refractivity contribution in [2.75, 3.05) is 46.2 Å². The van der Waals surface area contributed by atoms with Gasteiger partial charge in [-0.2, -0.15) is 0 Å². The van der Waals surface area contributed by atoms with E-state index >= 15 is 0 Å². The van der Waals surface area contributed by atoms with Crippen molar-refractivity contribution in [3.63, 3.8) is 0 Å². The quantitative estimate of drug-likeness (QED) is 0.190. The number of aliphatic carboxylic acids is 1. The molecule has 1 atom stereocenters. The molecule has 0 saturated carbocycles. The molecule has 0 aromatic carbocycles. The summed E-state index contributed by atoms with van der Waals surface area (Å²) in [7, 11) is 0. The predicted molar refractivity (Wildman–Crippen MR) is 66.8 cm³/mol. The molecule has 9 heteroatoms. The van der Waals surface area contributed by atoms with Gasteiger partial charge in [0.2, 0.25) is 0 Å². The van der Waals surface area contributed by atoms with Crippen molar-refractivity contribution in [2.24, 2.45) is 5.11 Å². The summed E-state index contributed by atoms with van der Waals surface area (Å²) < 4.78 is 15.3. The van der Waals surface area contributed by atoms with Gasteiger partial charge in [-0.05, 0) is 5.53 Å². The number of azide groups is 1. The van der Waals surface area contributed by atoms with Crippen molar-refractivity contribution in [3.8, 4) is 0 Å². The van der Waals surface area contributed by atoms with Gasteiger partial charge in [0.25, 0.3) is 0 Å². The molecule has 0 spiro atoms. The van der Waals surface area contributed by atoms with Gasteiger partial charge in [0.15, 0.2) is 0 Å². The number of carboxylic acid groups (broad SMARTS) is 1. The maximum atomic E-state index is 10.4. The highest BCUT2D eigenvalue weighted by molar-refractivity contribution is 9.10. The van der Waals surface area contributed by atoms with Crippen LogP contribution in [-0.4, -0.2) is 62.1 Å². The molecular formula is C9H16BrN3O5. The van der Waals surface area contributed by atoms with Crippen LogP contribution in [0.15, 0.2) is 5.11 Å². The highest BCUT2D eigenvalue weighted by atomic mass is 79.9. The summed E-state index contributed by atoms with van der Waals surface area (Å²) in [5.41, 5.74) is 7.99. The summed E-state index contributed by atoms with van der Waals surface area (Å²) in [5, 5.41) is 11.8. The summed E-state index contributed by atoms with van der Waals surface area (Å²) >= 11 is 2.95. The third-order valence-corrected chi connectivity index (χ3v) is 2.33. The van der Waals surface area contributed by atoms with Crippen LogP contribution in [0.3, 0.4) is 0 Å². The first-order valence-corrected chi connectivity index (χ1v) is 6.21. The van der Waals surface area contributed by atoms with E-state index in [-0.39, 0.29) is 6.61 Å². The largest absolute Gasteiger partial charge is 0.480 e.